The molecule has 2 aromatic carbocycles. The quantitative estimate of drug-likeness (QED) is 0.207. The third-order valence-corrected chi connectivity index (χ3v) is 8.77. The number of β-amino-alcohol motifs (C(OH)–C–C–N with tert-alkyl or cyclic N) is 1. The van der Waals surface area contributed by atoms with Gasteiger partial charge in [0.05, 0.1) is 24.6 Å². The van der Waals surface area contributed by atoms with Gasteiger partial charge >= 0.3 is 6.03 Å². The average Bonchev–Trinajstić information content (AvgIpc) is 3.48. The number of alkyl halides is 2. The van der Waals surface area contributed by atoms with Gasteiger partial charge in [0.15, 0.2) is 0 Å². The summed E-state index contributed by atoms with van der Waals surface area (Å²) in [5.74, 6) is 1.20. The summed E-state index contributed by atoms with van der Waals surface area (Å²) in [6.07, 6.45) is -0.387. The second-order valence-corrected chi connectivity index (χ2v) is 11.6. The molecule has 2 aliphatic rings. The first-order valence-electron chi connectivity index (χ1n) is 15.2. The lowest BCUT2D eigenvalue weighted by atomic mass is 9.93. The number of benzene rings is 2. The van der Waals surface area contributed by atoms with Crippen LogP contribution in [0.2, 0.25) is 0 Å². The fourth-order valence-corrected chi connectivity index (χ4v) is 6.26. The Labute approximate surface area is 260 Å². The van der Waals surface area contributed by atoms with Crippen LogP contribution in [0, 0.1) is 0 Å². The van der Waals surface area contributed by atoms with Crippen LogP contribution in [0.5, 0.6) is 11.5 Å². The molecule has 238 valence electrons. The van der Waals surface area contributed by atoms with Crippen LogP contribution in [0.25, 0.3) is 11.0 Å². The molecule has 1 saturated heterocycles. The summed E-state index contributed by atoms with van der Waals surface area (Å²) in [6.45, 7) is 6.49. The summed E-state index contributed by atoms with van der Waals surface area (Å²) in [6, 6.07) is 13.5. The maximum atomic E-state index is 14.1. The van der Waals surface area contributed by atoms with Crippen molar-refractivity contribution in [3.8, 4) is 11.5 Å². The van der Waals surface area contributed by atoms with Gasteiger partial charge in [0.2, 0.25) is 0 Å². The van der Waals surface area contributed by atoms with E-state index in [0.717, 1.165) is 42.7 Å². The number of hydrogen-bond acceptors (Lipinski definition) is 7. The summed E-state index contributed by atoms with van der Waals surface area (Å²) >= 11 is 0. The standard InChI is InChI=1S/C33H38F2N6O4/c1-21-27-18-26(45-30-6-8-36-32-29(30)17-25(20-43)37-32)5-3-22(27)7-9-41(21)33(44)38-24-4-2-23(28(16-24)31(34)35)19-40-12-10-39(11-13-40)14-15-42/h2-6,8,16-18,21,31,42-43H,7,9-15,19-20H2,1H3,(H,36,37)(H,38,44)/t21-/m0/s1. The topological polar surface area (TPSA) is 117 Å². The Kier molecular flexibility index (Phi) is 9.27. The number of pyridine rings is 1. The molecule has 1 atom stereocenters. The van der Waals surface area contributed by atoms with E-state index in [4.69, 9.17) is 9.84 Å². The van der Waals surface area contributed by atoms with Crippen molar-refractivity contribution in [3.63, 3.8) is 0 Å². The number of aromatic amines is 1. The van der Waals surface area contributed by atoms with Crippen LogP contribution in [0.15, 0.2) is 54.7 Å². The summed E-state index contributed by atoms with van der Waals surface area (Å²) in [5, 5.41) is 22.3. The highest BCUT2D eigenvalue weighted by Crippen LogP contribution is 2.36. The molecule has 4 aromatic rings. The minimum absolute atomic E-state index is 0.0804. The highest BCUT2D eigenvalue weighted by molar-refractivity contribution is 5.90. The third kappa shape index (κ3) is 6.79. The Hall–Kier alpha value is -4.10. The normalized spacial score (nSPS) is 17.6. The van der Waals surface area contributed by atoms with Crippen molar-refractivity contribution in [2.75, 3.05) is 51.2 Å². The summed E-state index contributed by atoms with van der Waals surface area (Å²) < 4.78 is 34.5. The van der Waals surface area contributed by atoms with Crippen LogP contribution in [-0.2, 0) is 19.6 Å². The molecule has 2 amide bonds. The minimum atomic E-state index is -2.67. The number of aliphatic hydroxyl groups is 2. The van der Waals surface area contributed by atoms with Crippen molar-refractivity contribution in [2.24, 2.45) is 0 Å². The number of amides is 2. The van der Waals surface area contributed by atoms with Gasteiger partial charge in [-0.2, -0.15) is 0 Å². The second-order valence-electron chi connectivity index (χ2n) is 11.6. The number of urea groups is 1. The molecule has 0 radical (unpaired) electrons. The zero-order chi connectivity index (χ0) is 31.5. The van der Waals surface area contributed by atoms with Gasteiger partial charge in [-0.1, -0.05) is 12.1 Å². The van der Waals surface area contributed by atoms with Gasteiger partial charge in [0.25, 0.3) is 6.43 Å². The number of ether oxygens (including phenoxy) is 1. The number of piperazine rings is 1. The predicted octanol–water partition coefficient (Wildman–Crippen LogP) is 5.05. The zero-order valence-electron chi connectivity index (χ0n) is 25.2. The number of carbonyl (C=O) groups excluding carboxylic acids is 1. The molecule has 1 fully saturated rings. The van der Waals surface area contributed by atoms with Crippen LogP contribution < -0.4 is 10.1 Å². The Bertz CT molecular complexity index is 1660. The molecule has 45 heavy (non-hydrogen) atoms. The molecule has 4 heterocycles. The number of H-pyrrole nitrogens is 1. The molecule has 6 rings (SSSR count). The van der Waals surface area contributed by atoms with E-state index in [2.05, 4.69) is 25.1 Å². The van der Waals surface area contributed by atoms with Gasteiger partial charge in [0, 0.05) is 69.0 Å². The fourth-order valence-electron chi connectivity index (χ4n) is 6.26. The number of anilines is 1. The van der Waals surface area contributed by atoms with E-state index in [1.807, 2.05) is 25.1 Å². The van der Waals surface area contributed by atoms with Crippen LogP contribution >= 0.6 is 0 Å². The van der Waals surface area contributed by atoms with Crippen molar-refractivity contribution in [3.05, 3.63) is 82.7 Å². The number of aliphatic hydroxyl groups excluding tert-OH is 2. The van der Waals surface area contributed by atoms with Crippen molar-refractivity contribution in [1.82, 2.24) is 24.7 Å². The van der Waals surface area contributed by atoms with E-state index >= 15 is 0 Å². The Morgan fingerprint density at radius 2 is 1.87 bits per heavy atom. The SMILES string of the molecule is C[C@H]1c2cc(Oc3ccnc4[nH]c(CO)cc34)ccc2CCN1C(=O)Nc1ccc(CN2CCN(CCO)CC2)c(C(F)F)c1. The molecule has 2 aromatic heterocycles. The van der Waals surface area contributed by atoms with Gasteiger partial charge in [-0.25, -0.2) is 18.6 Å². The smallest absolute Gasteiger partial charge is 0.322 e. The summed E-state index contributed by atoms with van der Waals surface area (Å²) in [5.41, 5.74) is 4.12. The molecule has 0 spiro atoms. The van der Waals surface area contributed by atoms with Crippen molar-refractivity contribution in [1.29, 1.82) is 0 Å². The van der Waals surface area contributed by atoms with Gasteiger partial charge in [-0.15, -0.1) is 0 Å². The minimum Gasteiger partial charge on any atom is -0.457 e. The van der Waals surface area contributed by atoms with E-state index in [1.54, 1.807) is 35.4 Å². The largest absolute Gasteiger partial charge is 0.457 e. The summed E-state index contributed by atoms with van der Waals surface area (Å²) in [4.78, 5) is 26.8. The average molecular weight is 621 g/mol. The van der Waals surface area contributed by atoms with E-state index < -0.39 is 6.43 Å². The van der Waals surface area contributed by atoms with Crippen molar-refractivity contribution >= 4 is 22.8 Å². The predicted molar refractivity (Wildman–Crippen MR) is 167 cm³/mol. The van der Waals surface area contributed by atoms with E-state index in [9.17, 15) is 18.7 Å². The Morgan fingerprint density at radius 3 is 2.62 bits per heavy atom. The second kappa shape index (κ2) is 13.5. The van der Waals surface area contributed by atoms with Crippen molar-refractivity contribution < 1.29 is 28.5 Å². The lowest BCUT2D eigenvalue weighted by Crippen LogP contribution is -2.46. The molecular weight excluding hydrogens is 582 g/mol. The third-order valence-electron chi connectivity index (χ3n) is 8.77. The Morgan fingerprint density at radius 1 is 1.07 bits per heavy atom. The number of nitrogens with zero attached hydrogens (tertiary/aromatic N) is 4. The highest BCUT2D eigenvalue weighted by Gasteiger charge is 2.29. The number of aromatic nitrogens is 2. The van der Waals surface area contributed by atoms with Gasteiger partial charge in [0.1, 0.15) is 17.1 Å². The molecule has 2 aliphatic heterocycles. The Balaban J connectivity index is 1.13. The molecular formula is C33H38F2N6O4. The van der Waals surface area contributed by atoms with Gasteiger partial charge < -0.3 is 30.2 Å². The zero-order valence-corrected chi connectivity index (χ0v) is 25.2. The molecule has 4 N–H and O–H groups in total. The molecule has 0 bridgehead atoms. The van der Waals surface area contributed by atoms with Crippen LogP contribution in [0.1, 0.15) is 47.3 Å². The maximum Gasteiger partial charge on any atom is 0.322 e. The monoisotopic (exact) mass is 620 g/mol. The first-order chi connectivity index (χ1) is 21.8. The number of carbonyl (C=O) groups is 1. The number of hydrogen-bond donors (Lipinski definition) is 4. The number of fused-ring (bicyclic) bond motifs is 2. The van der Waals surface area contributed by atoms with E-state index in [-0.39, 0.29) is 30.9 Å². The molecule has 12 heteroatoms. The van der Waals surface area contributed by atoms with Crippen LogP contribution in [0.3, 0.4) is 0 Å². The first-order valence-corrected chi connectivity index (χ1v) is 15.2. The van der Waals surface area contributed by atoms with E-state index in [0.29, 0.717) is 60.1 Å². The molecule has 0 saturated carbocycles. The molecule has 0 unspecified atom stereocenters. The number of nitrogens with one attached hydrogen (secondary N) is 2. The van der Waals surface area contributed by atoms with Gasteiger partial charge in [-0.3, -0.25) is 9.80 Å². The first kappa shape index (κ1) is 30.9. The molecule has 10 nitrogen and oxygen atoms in total. The van der Waals surface area contributed by atoms with Crippen LogP contribution in [-0.4, -0.2) is 86.8 Å². The molecule has 0 aliphatic carbocycles. The summed E-state index contributed by atoms with van der Waals surface area (Å²) in [7, 11) is 0. The lowest BCUT2D eigenvalue weighted by Gasteiger charge is -2.35. The fraction of sp³-hybridized carbons (Fsp3) is 0.394. The number of halogens is 2. The van der Waals surface area contributed by atoms with E-state index in [1.165, 1.54) is 6.07 Å². The van der Waals surface area contributed by atoms with Crippen LogP contribution in [0.4, 0.5) is 19.3 Å². The maximum absolute atomic E-state index is 14.1. The highest BCUT2D eigenvalue weighted by atomic mass is 19.3. The van der Waals surface area contributed by atoms with Crippen molar-refractivity contribution in [2.45, 2.75) is 39.0 Å². The number of rotatable bonds is 9. The van der Waals surface area contributed by atoms with Gasteiger partial charge in [-0.05, 0) is 66.4 Å². The lowest BCUT2D eigenvalue weighted by molar-refractivity contribution is 0.106.